The standard InChI is InChI=1S/C18H24N2O3/c1-14(22)16-6-5-7-17(18(16)15(2)23)20-11-9-19(10-12-20)8-3-4-13-21/h5-7,13H,3-4,8-12H2,1-2H3. The van der Waals surface area contributed by atoms with Crippen molar-refractivity contribution >= 4 is 23.5 Å². The van der Waals surface area contributed by atoms with Gasteiger partial charge in [0.1, 0.15) is 6.29 Å². The molecule has 1 aliphatic heterocycles. The molecular weight excluding hydrogens is 292 g/mol. The van der Waals surface area contributed by atoms with E-state index >= 15 is 0 Å². The molecule has 0 radical (unpaired) electrons. The van der Waals surface area contributed by atoms with Crippen molar-refractivity contribution in [3.63, 3.8) is 0 Å². The minimum absolute atomic E-state index is 0.0702. The maximum atomic E-state index is 12.1. The number of hydrogen-bond donors (Lipinski definition) is 0. The van der Waals surface area contributed by atoms with Gasteiger partial charge in [-0.2, -0.15) is 0 Å². The molecule has 0 saturated carbocycles. The van der Waals surface area contributed by atoms with Crippen LogP contribution >= 0.6 is 0 Å². The molecule has 0 aromatic heterocycles. The van der Waals surface area contributed by atoms with E-state index in [1.165, 1.54) is 13.8 Å². The number of aldehydes is 1. The third-order valence-corrected chi connectivity index (χ3v) is 4.28. The number of piperazine rings is 1. The number of hydrogen-bond acceptors (Lipinski definition) is 5. The fourth-order valence-electron chi connectivity index (χ4n) is 3.08. The lowest BCUT2D eigenvalue weighted by Crippen LogP contribution is -2.47. The summed E-state index contributed by atoms with van der Waals surface area (Å²) in [4.78, 5) is 38.7. The maximum Gasteiger partial charge on any atom is 0.162 e. The molecule has 1 heterocycles. The summed E-state index contributed by atoms with van der Waals surface area (Å²) in [5, 5.41) is 0. The van der Waals surface area contributed by atoms with Gasteiger partial charge in [0.25, 0.3) is 0 Å². The number of Topliss-reactive ketones (excluding diaryl/α,β-unsaturated/α-hetero) is 2. The van der Waals surface area contributed by atoms with Gasteiger partial charge in [-0.15, -0.1) is 0 Å². The lowest BCUT2D eigenvalue weighted by molar-refractivity contribution is -0.108. The van der Waals surface area contributed by atoms with Crippen molar-refractivity contribution in [2.24, 2.45) is 0 Å². The number of unbranched alkanes of at least 4 members (excludes halogenated alkanes) is 1. The van der Waals surface area contributed by atoms with Crippen molar-refractivity contribution in [3.8, 4) is 0 Å². The van der Waals surface area contributed by atoms with E-state index in [9.17, 15) is 14.4 Å². The molecule has 0 bridgehead atoms. The first kappa shape index (κ1) is 17.3. The van der Waals surface area contributed by atoms with Gasteiger partial charge < -0.3 is 9.69 Å². The van der Waals surface area contributed by atoms with Gasteiger partial charge in [0.05, 0.1) is 5.56 Å². The summed E-state index contributed by atoms with van der Waals surface area (Å²) >= 11 is 0. The van der Waals surface area contributed by atoms with Crippen LogP contribution in [0.25, 0.3) is 0 Å². The quantitative estimate of drug-likeness (QED) is 0.438. The lowest BCUT2D eigenvalue weighted by atomic mass is 9.98. The molecule has 0 amide bonds. The number of carbonyl (C=O) groups is 3. The van der Waals surface area contributed by atoms with E-state index in [1.54, 1.807) is 6.07 Å². The zero-order valence-electron chi connectivity index (χ0n) is 13.9. The topological polar surface area (TPSA) is 57.7 Å². The van der Waals surface area contributed by atoms with Crippen molar-refractivity contribution in [1.29, 1.82) is 0 Å². The van der Waals surface area contributed by atoms with Crippen LogP contribution in [0.5, 0.6) is 0 Å². The second-order valence-electron chi connectivity index (χ2n) is 5.95. The van der Waals surface area contributed by atoms with E-state index < -0.39 is 0 Å². The Morgan fingerprint density at radius 3 is 2.35 bits per heavy atom. The smallest absolute Gasteiger partial charge is 0.162 e. The summed E-state index contributed by atoms with van der Waals surface area (Å²) in [5.74, 6) is -0.149. The Kier molecular flexibility index (Phi) is 6.04. The van der Waals surface area contributed by atoms with E-state index in [1.807, 2.05) is 12.1 Å². The maximum absolute atomic E-state index is 12.1. The Morgan fingerprint density at radius 2 is 1.78 bits per heavy atom. The highest BCUT2D eigenvalue weighted by molar-refractivity contribution is 6.10. The molecule has 1 saturated heterocycles. The predicted molar refractivity (Wildman–Crippen MR) is 90.4 cm³/mol. The fraction of sp³-hybridized carbons (Fsp3) is 0.500. The van der Waals surface area contributed by atoms with E-state index in [4.69, 9.17) is 0 Å². The summed E-state index contributed by atoms with van der Waals surface area (Å²) in [7, 11) is 0. The van der Waals surface area contributed by atoms with Crippen LogP contribution in [0.2, 0.25) is 0 Å². The van der Waals surface area contributed by atoms with E-state index in [-0.39, 0.29) is 11.6 Å². The van der Waals surface area contributed by atoms with Crippen LogP contribution < -0.4 is 4.90 Å². The van der Waals surface area contributed by atoms with E-state index in [0.29, 0.717) is 17.5 Å². The SMILES string of the molecule is CC(=O)c1cccc(N2CCN(CCCC=O)CC2)c1C(C)=O. The van der Waals surface area contributed by atoms with E-state index in [0.717, 1.165) is 51.1 Å². The third kappa shape index (κ3) is 4.26. The monoisotopic (exact) mass is 316 g/mol. The fourth-order valence-corrected chi connectivity index (χ4v) is 3.08. The molecule has 0 aliphatic carbocycles. The summed E-state index contributed by atoms with van der Waals surface area (Å²) < 4.78 is 0. The first-order valence-electron chi connectivity index (χ1n) is 8.10. The highest BCUT2D eigenvalue weighted by atomic mass is 16.1. The first-order chi connectivity index (χ1) is 11.0. The van der Waals surface area contributed by atoms with Crippen LogP contribution in [-0.2, 0) is 4.79 Å². The zero-order valence-corrected chi connectivity index (χ0v) is 13.9. The van der Waals surface area contributed by atoms with Gasteiger partial charge in [-0.25, -0.2) is 0 Å². The van der Waals surface area contributed by atoms with Crippen molar-refractivity contribution < 1.29 is 14.4 Å². The molecule has 1 fully saturated rings. The van der Waals surface area contributed by atoms with Crippen molar-refractivity contribution in [1.82, 2.24) is 4.90 Å². The molecule has 2 rings (SSSR count). The van der Waals surface area contributed by atoms with Gasteiger partial charge in [-0.3, -0.25) is 14.5 Å². The molecule has 1 aliphatic rings. The third-order valence-electron chi connectivity index (χ3n) is 4.28. The molecule has 23 heavy (non-hydrogen) atoms. The molecule has 0 atom stereocenters. The van der Waals surface area contributed by atoms with E-state index in [2.05, 4.69) is 9.80 Å². The van der Waals surface area contributed by atoms with Gasteiger partial charge in [-0.05, 0) is 32.9 Å². The highest BCUT2D eigenvalue weighted by Crippen LogP contribution is 2.26. The zero-order chi connectivity index (χ0) is 16.8. The second kappa shape index (κ2) is 8.02. The lowest BCUT2D eigenvalue weighted by Gasteiger charge is -2.37. The largest absolute Gasteiger partial charge is 0.368 e. The van der Waals surface area contributed by atoms with Gasteiger partial charge >= 0.3 is 0 Å². The minimum atomic E-state index is -0.0791. The van der Waals surface area contributed by atoms with Crippen molar-refractivity contribution in [2.75, 3.05) is 37.6 Å². The van der Waals surface area contributed by atoms with Gasteiger partial charge in [0.15, 0.2) is 11.6 Å². The summed E-state index contributed by atoms with van der Waals surface area (Å²) in [6.07, 6.45) is 2.46. The number of ketones is 2. The first-order valence-corrected chi connectivity index (χ1v) is 8.10. The highest BCUT2D eigenvalue weighted by Gasteiger charge is 2.23. The molecule has 5 nitrogen and oxygen atoms in total. The van der Waals surface area contributed by atoms with Crippen LogP contribution in [0.15, 0.2) is 18.2 Å². The number of nitrogens with zero attached hydrogens (tertiary/aromatic N) is 2. The normalized spacial score (nSPS) is 15.5. The molecule has 0 spiro atoms. The van der Waals surface area contributed by atoms with Crippen LogP contribution in [0.3, 0.4) is 0 Å². The minimum Gasteiger partial charge on any atom is -0.368 e. The van der Waals surface area contributed by atoms with Gasteiger partial charge in [0.2, 0.25) is 0 Å². The Labute approximate surface area is 137 Å². The molecule has 0 N–H and O–H groups in total. The molecule has 124 valence electrons. The average Bonchev–Trinajstić information content (AvgIpc) is 2.55. The Hall–Kier alpha value is -2.01. The van der Waals surface area contributed by atoms with Crippen molar-refractivity contribution in [3.05, 3.63) is 29.3 Å². The van der Waals surface area contributed by atoms with Crippen LogP contribution in [-0.4, -0.2) is 55.5 Å². The summed E-state index contributed by atoms with van der Waals surface area (Å²) in [6, 6.07) is 5.48. The van der Waals surface area contributed by atoms with Gasteiger partial charge in [0, 0.05) is 43.9 Å². The summed E-state index contributed by atoms with van der Waals surface area (Å²) in [6.45, 7) is 7.39. The average molecular weight is 316 g/mol. The van der Waals surface area contributed by atoms with Gasteiger partial charge in [-0.1, -0.05) is 12.1 Å². The van der Waals surface area contributed by atoms with Crippen LogP contribution in [0.4, 0.5) is 5.69 Å². The Bertz CT molecular complexity index is 590. The molecular formula is C18H24N2O3. The summed E-state index contributed by atoms with van der Waals surface area (Å²) in [5.41, 5.74) is 1.90. The predicted octanol–water partition coefficient (Wildman–Crippen LogP) is 2.19. The Morgan fingerprint density at radius 1 is 1.09 bits per heavy atom. The molecule has 1 aromatic carbocycles. The molecule has 1 aromatic rings. The molecule has 5 heteroatoms. The van der Waals surface area contributed by atoms with Crippen LogP contribution in [0, 0.1) is 0 Å². The number of anilines is 1. The van der Waals surface area contributed by atoms with Crippen molar-refractivity contribution in [2.45, 2.75) is 26.7 Å². The molecule has 0 unspecified atom stereocenters. The number of carbonyl (C=O) groups excluding carboxylic acids is 3. The number of rotatable bonds is 7. The van der Waals surface area contributed by atoms with Crippen LogP contribution in [0.1, 0.15) is 47.4 Å². The number of benzene rings is 1. The second-order valence-corrected chi connectivity index (χ2v) is 5.95. The Balaban J connectivity index is 2.11.